The van der Waals surface area contributed by atoms with Crippen molar-refractivity contribution in [1.82, 2.24) is 10.2 Å². The van der Waals surface area contributed by atoms with Crippen LogP contribution >= 0.6 is 11.6 Å². The minimum Gasteiger partial charge on any atom is -0.339 e. The summed E-state index contributed by atoms with van der Waals surface area (Å²) in [5, 5.41) is 10.8. The quantitative estimate of drug-likeness (QED) is 0.935. The van der Waals surface area contributed by atoms with Crippen molar-refractivity contribution >= 4 is 32.9 Å². The van der Waals surface area contributed by atoms with E-state index in [0.29, 0.717) is 11.0 Å². The van der Waals surface area contributed by atoms with E-state index in [9.17, 15) is 8.42 Å². The molecule has 0 radical (unpaired) electrons. The third kappa shape index (κ3) is 3.18. The summed E-state index contributed by atoms with van der Waals surface area (Å²) in [6.45, 7) is 0. The monoisotopic (exact) mass is 283 g/mol. The van der Waals surface area contributed by atoms with Crippen LogP contribution in [0.1, 0.15) is 0 Å². The van der Waals surface area contributed by atoms with Gasteiger partial charge in [-0.1, -0.05) is 11.6 Å². The van der Waals surface area contributed by atoms with Crippen LogP contribution in [0.3, 0.4) is 0 Å². The van der Waals surface area contributed by atoms with E-state index in [-0.39, 0.29) is 4.90 Å². The molecular formula is C11H10ClN3O2S. The molecule has 0 bridgehead atoms. The van der Waals surface area contributed by atoms with Gasteiger partial charge in [0.05, 0.1) is 4.90 Å². The van der Waals surface area contributed by atoms with Crippen LogP contribution in [0.4, 0.5) is 11.5 Å². The Labute approximate surface area is 110 Å². The van der Waals surface area contributed by atoms with E-state index in [1.165, 1.54) is 18.4 Å². The number of halogens is 1. The van der Waals surface area contributed by atoms with Gasteiger partial charge in [0.25, 0.3) is 0 Å². The molecule has 7 heteroatoms. The number of benzene rings is 1. The van der Waals surface area contributed by atoms with Gasteiger partial charge in [0.1, 0.15) is 0 Å². The molecule has 0 saturated heterocycles. The van der Waals surface area contributed by atoms with Gasteiger partial charge in [0.2, 0.25) is 0 Å². The molecule has 0 aliphatic rings. The zero-order chi connectivity index (χ0) is 13.2. The van der Waals surface area contributed by atoms with Gasteiger partial charge in [-0.25, -0.2) is 8.42 Å². The van der Waals surface area contributed by atoms with E-state index < -0.39 is 9.84 Å². The van der Waals surface area contributed by atoms with Crippen molar-refractivity contribution in [3.8, 4) is 0 Å². The smallest absolute Gasteiger partial charge is 0.175 e. The Bertz CT molecular complexity index is 639. The molecule has 0 aliphatic carbocycles. The van der Waals surface area contributed by atoms with Crippen LogP contribution < -0.4 is 5.32 Å². The molecule has 0 spiro atoms. The first kappa shape index (κ1) is 12.8. The third-order valence-electron chi connectivity index (χ3n) is 2.19. The molecule has 0 aliphatic heterocycles. The van der Waals surface area contributed by atoms with Crippen LogP contribution in [0.25, 0.3) is 0 Å². The molecule has 0 fully saturated rings. The van der Waals surface area contributed by atoms with Crippen LogP contribution in [0, 0.1) is 0 Å². The fraction of sp³-hybridized carbons (Fsp3) is 0.0909. The number of sulfone groups is 1. The van der Waals surface area contributed by atoms with E-state index in [0.717, 1.165) is 5.69 Å². The zero-order valence-electron chi connectivity index (χ0n) is 9.46. The van der Waals surface area contributed by atoms with Crippen LogP contribution in [0.2, 0.25) is 5.15 Å². The summed E-state index contributed by atoms with van der Waals surface area (Å²) in [5.74, 6) is 0.534. The molecule has 0 amide bonds. The lowest BCUT2D eigenvalue weighted by atomic mass is 10.3. The fourth-order valence-electron chi connectivity index (χ4n) is 1.32. The molecule has 1 heterocycles. The number of aromatic nitrogens is 2. The maximum absolute atomic E-state index is 11.3. The average molecular weight is 284 g/mol. The van der Waals surface area contributed by atoms with E-state index in [1.54, 1.807) is 24.3 Å². The van der Waals surface area contributed by atoms with Crippen LogP contribution in [-0.2, 0) is 9.84 Å². The molecule has 5 nitrogen and oxygen atoms in total. The lowest BCUT2D eigenvalue weighted by molar-refractivity contribution is 0.602. The summed E-state index contributed by atoms with van der Waals surface area (Å²) < 4.78 is 22.6. The second kappa shape index (κ2) is 4.91. The van der Waals surface area contributed by atoms with E-state index >= 15 is 0 Å². The molecular weight excluding hydrogens is 274 g/mol. The minimum absolute atomic E-state index is 0.273. The topological polar surface area (TPSA) is 72.0 Å². The molecule has 2 aromatic rings. The molecule has 0 saturated carbocycles. The highest BCUT2D eigenvalue weighted by Crippen LogP contribution is 2.17. The summed E-state index contributed by atoms with van der Waals surface area (Å²) in [5.41, 5.74) is 0.721. The Morgan fingerprint density at radius 2 is 1.72 bits per heavy atom. The Morgan fingerprint density at radius 3 is 2.22 bits per heavy atom. The Balaban J connectivity index is 2.18. The fourth-order valence-corrected chi connectivity index (χ4v) is 2.05. The first-order valence-electron chi connectivity index (χ1n) is 5.01. The largest absolute Gasteiger partial charge is 0.339 e. The van der Waals surface area contributed by atoms with E-state index in [4.69, 9.17) is 11.6 Å². The lowest BCUT2D eigenvalue weighted by Crippen LogP contribution is -1.98. The molecule has 94 valence electrons. The molecule has 1 aromatic carbocycles. The number of nitrogens with one attached hydrogen (secondary N) is 1. The standard InChI is InChI=1S/C11H10ClN3O2S/c1-18(16,17)9-4-2-8(3-5-9)13-11-7-6-10(12)14-15-11/h2-7H,1H3,(H,13,15). The lowest BCUT2D eigenvalue weighted by Gasteiger charge is -2.05. The minimum atomic E-state index is -3.17. The summed E-state index contributed by atoms with van der Waals surface area (Å²) in [6, 6.07) is 9.67. The van der Waals surface area contributed by atoms with Crippen molar-refractivity contribution in [1.29, 1.82) is 0 Å². The summed E-state index contributed by atoms with van der Waals surface area (Å²) >= 11 is 5.62. The number of nitrogens with zero attached hydrogens (tertiary/aromatic N) is 2. The van der Waals surface area contributed by atoms with Crippen LogP contribution in [0.5, 0.6) is 0 Å². The Morgan fingerprint density at radius 1 is 1.06 bits per heavy atom. The van der Waals surface area contributed by atoms with Crippen molar-refractivity contribution in [3.05, 3.63) is 41.6 Å². The SMILES string of the molecule is CS(=O)(=O)c1ccc(Nc2ccc(Cl)nn2)cc1. The van der Waals surface area contributed by atoms with Gasteiger partial charge in [0, 0.05) is 11.9 Å². The van der Waals surface area contributed by atoms with E-state index in [2.05, 4.69) is 15.5 Å². The molecule has 0 unspecified atom stereocenters. The summed E-state index contributed by atoms with van der Waals surface area (Å²) in [6.07, 6.45) is 1.17. The van der Waals surface area contributed by atoms with Gasteiger partial charge >= 0.3 is 0 Å². The highest BCUT2D eigenvalue weighted by molar-refractivity contribution is 7.90. The van der Waals surface area contributed by atoms with Crippen molar-refractivity contribution < 1.29 is 8.42 Å². The molecule has 2 rings (SSSR count). The molecule has 18 heavy (non-hydrogen) atoms. The summed E-state index contributed by atoms with van der Waals surface area (Å²) in [7, 11) is -3.17. The van der Waals surface area contributed by atoms with Crippen molar-refractivity contribution in [2.75, 3.05) is 11.6 Å². The predicted octanol–water partition coefficient (Wildman–Crippen LogP) is 2.28. The first-order valence-corrected chi connectivity index (χ1v) is 7.28. The number of anilines is 2. The zero-order valence-corrected chi connectivity index (χ0v) is 11.0. The molecule has 1 aromatic heterocycles. The van der Waals surface area contributed by atoms with Crippen molar-refractivity contribution in [2.24, 2.45) is 0 Å². The van der Waals surface area contributed by atoms with Gasteiger partial charge in [-0.2, -0.15) is 0 Å². The third-order valence-corrected chi connectivity index (χ3v) is 3.52. The number of rotatable bonds is 3. The maximum Gasteiger partial charge on any atom is 0.175 e. The molecule has 0 atom stereocenters. The highest BCUT2D eigenvalue weighted by Gasteiger charge is 2.06. The van der Waals surface area contributed by atoms with Gasteiger partial charge in [-0.3, -0.25) is 0 Å². The number of hydrogen-bond acceptors (Lipinski definition) is 5. The average Bonchev–Trinajstić information content (AvgIpc) is 2.32. The maximum atomic E-state index is 11.3. The predicted molar refractivity (Wildman–Crippen MR) is 69.9 cm³/mol. The van der Waals surface area contributed by atoms with Crippen LogP contribution in [0.15, 0.2) is 41.3 Å². The van der Waals surface area contributed by atoms with Gasteiger partial charge < -0.3 is 5.32 Å². The Hall–Kier alpha value is -1.66. The second-order valence-corrected chi connectivity index (χ2v) is 6.07. The van der Waals surface area contributed by atoms with E-state index in [1.807, 2.05) is 0 Å². The van der Waals surface area contributed by atoms with Crippen molar-refractivity contribution in [2.45, 2.75) is 4.90 Å². The second-order valence-electron chi connectivity index (χ2n) is 3.66. The summed E-state index contributed by atoms with van der Waals surface area (Å²) in [4.78, 5) is 0.273. The number of hydrogen-bond donors (Lipinski definition) is 1. The normalized spacial score (nSPS) is 11.2. The van der Waals surface area contributed by atoms with Crippen LogP contribution in [-0.4, -0.2) is 24.9 Å². The Kier molecular flexibility index (Phi) is 3.49. The van der Waals surface area contributed by atoms with Gasteiger partial charge in [0.15, 0.2) is 20.8 Å². The highest BCUT2D eigenvalue weighted by atomic mass is 35.5. The molecule has 1 N–H and O–H groups in total. The van der Waals surface area contributed by atoms with Crippen molar-refractivity contribution in [3.63, 3.8) is 0 Å². The van der Waals surface area contributed by atoms with Gasteiger partial charge in [-0.15, -0.1) is 10.2 Å². The van der Waals surface area contributed by atoms with Gasteiger partial charge in [-0.05, 0) is 36.4 Å². The first-order chi connectivity index (χ1) is 8.45.